The molecule has 8 aromatic carbocycles. The van der Waals surface area contributed by atoms with Gasteiger partial charge in [0.25, 0.3) is 0 Å². The van der Waals surface area contributed by atoms with Gasteiger partial charge in [0, 0.05) is 49.9 Å². The van der Waals surface area contributed by atoms with E-state index in [1.54, 1.807) is 0 Å². The molecule has 2 aromatic heterocycles. The molecule has 1 aliphatic carbocycles. The molecule has 10 aromatic rings. The maximum absolute atomic E-state index is 6.46. The number of fused-ring (bicyclic) bond motifs is 7. The van der Waals surface area contributed by atoms with Crippen molar-refractivity contribution < 1.29 is 4.42 Å². The van der Waals surface area contributed by atoms with Crippen LogP contribution in [0, 0.1) is 0 Å². The van der Waals surface area contributed by atoms with Crippen molar-refractivity contribution in [2.24, 2.45) is 0 Å². The molecule has 0 fully saturated rings. The van der Waals surface area contributed by atoms with Gasteiger partial charge in [-0.15, -0.1) is 0 Å². The van der Waals surface area contributed by atoms with Crippen LogP contribution in [0.2, 0.25) is 0 Å². The Kier molecular flexibility index (Phi) is 8.00. The van der Waals surface area contributed by atoms with Crippen LogP contribution in [0.4, 0.5) is 17.1 Å². The van der Waals surface area contributed by atoms with Gasteiger partial charge in [-0.25, -0.2) is 0 Å². The van der Waals surface area contributed by atoms with Crippen molar-refractivity contribution in [2.45, 2.75) is 51.4 Å². The number of aromatic nitrogens is 1. The molecule has 0 saturated carbocycles. The van der Waals surface area contributed by atoms with Crippen LogP contribution in [0.15, 0.2) is 186 Å². The Morgan fingerprint density at radius 1 is 0.441 bits per heavy atom. The zero-order chi connectivity index (χ0) is 39.9. The summed E-state index contributed by atoms with van der Waals surface area (Å²) in [7, 11) is 0. The van der Waals surface area contributed by atoms with Gasteiger partial charge in [-0.2, -0.15) is 0 Å². The molecule has 59 heavy (non-hydrogen) atoms. The number of anilines is 3. The number of nitrogens with zero attached hydrogens (tertiary/aromatic N) is 2. The molecular formula is C56H46N2O. The third-order valence-corrected chi connectivity index (χ3v) is 13.1. The molecule has 0 amide bonds. The zero-order valence-electron chi connectivity index (χ0n) is 34.0. The van der Waals surface area contributed by atoms with Crippen LogP contribution in [-0.4, -0.2) is 4.57 Å². The molecule has 0 spiro atoms. The Balaban J connectivity index is 1.10. The summed E-state index contributed by atoms with van der Waals surface area (Å²) in [5.41, 5.74) is 16.5. The van der Waals surface area contributed by atoms with Gasteiger partial charge in [-0.3, -0.25) is 0 Å². The average Bonchev–Trinajstić information content (AvgIpc) is 3.82. The molecule has 3 nitrogen and oxygen atoms in total. The van der Waals surface area contributed by atoms with Crippen molar-refractivity contribution in [1.29, 1.82) is 0 Å². The van der Waals surface area contributed by atoms with E-state index in [1.165, 1.54) is 62.6 Å². The van der Waals surface area contributed by atoms with E-state index in [2.05, 4.69) is 207 Å². The van der Waals surface area contributed by atoms with Crippen molar-refractivity contribution in [3.63, 3.8) is 0 Å². The number of furan rings is 1. The average molecular weight is 763 g/mol. The lowest BCUT2D eigenvalue weighted by molar-refractivity contribution is 0.332. The molecule has 1 aliphatic rings. The number of para-hydroxylation sites is 3. The summed E-state index contributed by atoms with van der Waals surface area (Å²) in [6, 6.07) is 66.4. The van der Waals surface area contributed by atoms with Gasteiger partial charge in [-0.05, 0) is 112 Å². The molecule has 2 heterocycles. The predicted octanol–water partition coefficient (Wildman–Crippen LogP) is 15.8. The van der Waals surface area contributed by atoms with E-state index in [9.17, 15) is 0 Å². The fraction of sp³-hybridized carbons (Fsp3) is 0.143. The number of benzene rings is 8. The molecule has 0 N–H and O–H groups in total. The van der Waals surface area contributed by atoms with Crippen LogP contribution >= 0.6 is 0 Å². The van der Waals surface area contributed by atoms with Gasteiger partial charge in [0.05, 0.1) is 11.0 Å². The lowest BCUT2D eigenvalue weighted by Gasteiger charge is -2.42. The minimum Gasteiger partial charge on any atom is -0.455 e. The van der Waals surface area contributed by atoms with E-state index in [4.69, 9.17) is 4.42 Å². The van der Waals surface area contributed by atoms with Crippen LogP contribution in [-0.2, 0) is 10.8 Å². The molecule has 0 radical (unpaired) electrons. The summed E-state index contributed by atoms with van der Waals surface area (Å²) in [5, 5.41) is 4.78. The monoisotopic (exact) mass is 762 g/mol. The lowest BCUT2D eigenvalue weighted by Crippen LogP contribution is -2.33. The van der Waals surface area contributed by atoms with Crippen LogP contribution in [0.25, 0.3) is 71.7 Å². The zero-order valence-corrected chi connectivity index (χ0v) is 34.0. The molecule has 0 unspecified atom stereocenters. The van der Waals surface area contributed by atoms with Crippen molar-refractivity contribution in [2.75, 3.05) is 4.90 Å². The van der Waals surface area contributed by atoms with E-state index in [0.29, 0.717) is 0 Å². The molecule has 3 heteroatoms. The largest absolute Gasteiger partial charge is 0.455 e. The Bertz CT molecular complexity index is 3220. The van der Waals surface area contributed by atoms with E-state index in [0.717, 1.165) is 50.1 Å². The maximum atomic E-state index is 6.46. The highest BCUT2D eigenvalue weighted by atomic mass is 16.3. The molecule has 0 bridgehead atoms. The van der Waals surface area contributed by atoms with Gasteiger partial charge in [0.15, 0.2) is 0 Å². The summed E-state index contributed by atoms with van der Waals surface area (Å²) in [5.74, 6) is 0. The molecular weight excluding hydrogens is 717 g/mol. The number of rotatable bonds is 6. The highest BCUT2D eigenvalue weighted by Crippen LogP contribution is 2.48. The minimum atomic E-state index is 0.105. The topological polar surface area (TPSA) is 21.3 Å². The maximum Gasteiger partial charge on any atom is 0.143 e. The second-order valence-corrected chi connectivity index (χ2v) is 17.6. The molecule has 0 atom stereocenters. The summed E-state index contributed by atoms with van der Waals surface area (Å²) >= 11 is 0. The van der Waals surface area contributed by atoms with Crippen LogP contribution in [0.3, 0.4) is 0 Å². The van der Waals surface area contributed by atoms with Crippen molar-refractivity contribution >= 4 is 60.8 Å². The fourth-order valence-electron chi connectivity index (χ4n) is 9.76. The Morgan fingerprint density at radius 2 is 1.08 bits per heavy atom. The smallest absolute Gasteiger partial charge is 0.143 e. The van der Waals surface area contributed by atoms with Crippen molar-refractivity contribution in [1.82, 2.24) is 4.57 Å². The van der Waals surface area contributed by atoms with Gasteiger partial charge in [-0.1, -0.05) is 149 Å². The van der Waals surface area contributed by atoms with E-state index >= 15 is 0 Å². The summed E-state index contributed by atoms with van der Waals surface area (Å²) in [6.07, 6.45) is 2.37. The third-order valence-electron chi connectivity index (χ3n) is 13.1. The minimum absolute atomic E-state index is 0.105. The predicted molar refractivity (Wildman–Crippen MR) is 249 cm³/mol. The van der Waals surface area contributed by atoms with Gasteiger partial charge in [0.1, 0.15) is 11.2 Å². The summed E-state index contributed by atoms with van der Waals surface area (Å²) in [4.78, 5) is 2.40. The first-order valence-corrected chi connectivity index (χ1v) is 20.9. The van der Waals surface area contributed by atoms with Crippen LogP contribution in [0.5, 0.6) is 0 Å². The lowest BCUT2D eigenvalue weighted by atomic mass is 9.63. The summed E-state index contributed by atoms with van der Waals surface area (Å²) < 4.78 is 8.95. The highest BCUT2D eigenvalue weighted by Gasteiger charge is 2.37. The Morgan fingerprint density at radius 3 is 1.92 bits per heavy atom. The van der Waals surface area contributed by atoms with E-state index < -0.39 is 0 Å². The quantitative estimate of drug-likeness (QED) is 0.168. The molecule has 0 aliphatic heterocycles. The number of hydrogen-bond donors (Lipinski definition) is 0. The molecule has 11 rings (SSSR count). The highest BCUT2D eigenvalue weighted by molar-refractivity contribution is 6.11. The van der Waals surface area contributed by atoms with Crippen LogP contribution in [0.1, 0.15) is 51.7 Å². The Labute approximate surface area is 345 Å². The standard InChI is InChI=1S/C56H46N2O/c1-55(2)32-33-56(3,4)50-35-42(29-31-49(50)55)58-51-22-10-8-18-45(51)46-30-28-43(36-52(46)58)57(41-17-12-16-39(34-41)37-14-6-5-7-15-37)40-26-24-38(25-27-40)44-20-13-21-48-47-19-9-11-23-53(47)59-54(44)48/h5-31,34-36H,32-33H2,1-4H3. The third kappa shape index (κ3) is 5.79. The van der Waals surface area contributed by atoms with Crippen molar-refractivity contribution in [3.05, 3.63) is 193 Å². The molecule has 0 saturated heterocycles. The second kappa shape index (κ2) is 13.4. The summed E-state index contributed by atoms with van der Waals surface area (Å²) in [6.45, 7) is 9.64. The number of hydrogen-bond acceptors (Lipinski definition) is 2. The van der Waals surface area contributed by atoms with Crippen molar-refractivity contribution in [3.8, 4) is 27.9 Å². The van der Waals surface area contributed by atoms with Crippen LogP contribution < -0.4 is 4.90 Å². The van der Waals surface area contributed by atoms with Gasteiger partial charge < -0.3 is 13.9 Å². The normalized spacial score (nSPS) is 14.6. The first-order chi connectivity index (χ1) is 28.7. The first-order valence-electron chi connectivity index (χ1n) is 20.9. The molecule has 286 valence electrons. The van der Waals surface area contributed by atoms with E-state index in [1.807, 2.05) is 12.1 Å². The van der Waals surface area contributed by atoms with Gasteiger partial charge >= 0.3 is 0 Å². The van der Waals surface area contributed by atoms with Gasteiger partial charge in [0.2, 0.25) is 0 Å². The Hall–Kier alpha value is -6.84. The fourth-order valence-corrected chi connectivity index (χ4v) is 9.76. The van der Waals surface area contributed by atoms with E-state index in [-0.39, 0.29) is 10.8 Å². The second-order valence-electron chi connectivity index (χ2n) is 17.6. The SMILES string of the molecule is CC1(C)CCC(C)(C)c2cc(-n3c4ccccc4c4ccc(N(c5ccc(-c6cccc7c6oc6ccccc67)cc5)c5cccc(-c6ccccc6)c5)cc43)ccc21. The first kappa shape index (κ1) is 35.3.